The summed E-state index contributed by atoms with van der Waals surface area (Å²) in [5, 5.41) is 0. The molecule has 1 aromatic carbocycles. The van der Waals surface area contributed by atoms with Crippen molar-refractivity contribution in [1.29, 1.82) is 0 Å². The molecular weight excluding hydrogens is 275 g/mol. The molecular formula is C16H18ClFN2. The maximum atomic E-state index is 13.9. The average molecular weight is 293 g/mol. The number of alkyl halides is 1. The van der Waals surface area contributed by atoms with E-state index in [1.54, 1.807) is 17.0 Å². The van der Waals surface area contributed by atoms with Gasteiger partial charge in [-0.1, -0.05) is 25.5 Å². The Balaban J connectivity index is 2.40. The number of aryl methyl sites for hydroxylation is 1. The number of hydrogen-bond donors (Lipinski definition) is 0. The van der Waals surface area contributed by atoms with E-state index in [9.17, 15) is 4.39 Å². The van der Waals surface area contributed by atoms with Crippen LogP contribution in [-0.2, 0) is 12.3 Å². The van der Waals surface area contributed by atoms with Gasteiger partial charge in [0.1, 0.15) is 11.6 Å². The maximum Gasteiger partial charge on any atom is 0.146 e. The zero-order valence-corrected chi connectivity index (χ0v) is 12.5. The first-order valence-corrected chi connectivity index (χ1v) is 7.23. The Morgan fingerprint density at radius 2 is 2.00 bits per heavy atom. The molecule has 106 valence electrons. The van der Waals surface area contributed by atoms with Crippen LogP contribution >= 0.6 is 11.6 Å². The number of nitrogens with zero attached hydrogens (tertiary/aromatic N) is 2. The van der Waals surface area contributed by atoms with Gasteiger partial charge in [0.05, 0.1) is 5.69 Å². The summed E-state index contributed by atoms with van der Waals surface area (Å²) < 4.78 is 13.9. The zero-order valence-electron chi connectivity index (χ0n) is 11.7. The van der Waals surface area contributed by atoms with Crippen LogP contribution in [0, 0.1) is 5.82 Å². The monoisotopic (exact) mass is 292 g/mol. The quantitative estimate of drug-likeness (QED) is 0.744. The highest BCUT2D eigenvalue weighted by Crippen LogP contribution is 2.26. The third-order valence-electron chi connectivity index (χ3n) is 3.14. The fourth-order valence-corrected chi connectivity index (χ4v) is 2.27. The fourth-order valence-electron chi connectivity index (χ4n) is 2.11. The molecule has 0 atom stereocenters. The molecule has 0 radical (unpaired) electrons. The van der Waals surface area contributed by atoms with Gasteiger partial charge in [-0.2, -0.15) is 0 Å². The van der Waals surface area contributed by atoms with E-state index >= 15 is 0 Å². The van der Waals surface area contributed by atoms with Gasteiger partial charge in [-0.3, -0.25) is 0 Å². The second-order valence-corrected chi connectivity index (χ2v) is 4.99. The lowest BCUT2D eigenvalue weighted by molar-refractivity contribution is 0.627. The van der Waals surface area contributed by atoms with E-state index < -0.39 is 0 Å². The lowest BCUT2D eigenvalue weighted by atomic mass is 10.1. The van der Waals surface area contributed by atoms with Crippen LogP contribution in [0.2, 0.25) is 0 Å². The molecule has 0 spiro atoms. The van der Waals surface area contributed by atoms with E-state index in [0.717, 1.165) is 29.9 Å². The first kappa shape index (κ1) is 14.8. The van der Waals surface area contributed by atoms with E-state index in [1.165, 1.54) is 6.07 Å². The molecule has 0 unspecified atom stereocenters. The van der Waals surface area contributed by atoms with Gasteiger partial charge in [0.2, 0.25) is 0 Å². The highest BCUT2D eigenvalue weighted by Gasteiger charge is 2.11. The van der Waals surface area contributed by atoms with Gasteiger partial charge in [-0.15, -0.1) is 11.6 Å². The summed E-state index contributed by atoms with van der Waals surface area (Å²) in [7, 11) is 1.81. The molecule has 0 bridgehead atoms. The second kappa shape index (κ2) is 6.71. The van der Waals surface area contributed by atoms with Gasteiger partial charge in [0, 0.05) is 18.6 Å². The minimum Gasteiger partial charge on any atom is -0.327 e. The van der Waals surface area contributed by atoms with Crippen molar-refractivity contribution in [2.24, 2.45) is 0 Å². The number of benzene rings is 1. The Kier molecular flexibility index (Phi) is 4.96. The Hall–Kier alpha value is -1.61. The number of rotatable bonds is 5. The molecule has 0 amide bonds. The number of aromatic nitrogens is 1. The van der Waals surface area contributed by atoms with Crippen molar-refractivity contribution in [3.63, 3.8) is 0 Å². The van der Waals surface area contributed by atoms with Crippen molar-refractivity contribution in [1.82, 2.24) is 4.98 Å². The van der Waals surface area contributed by atoms with Gasteiger partial charge < -0.3 is 4.90 Å². The third-order valence-corrected chi connectivity index (χ3v) is 3.45. The number of anilines is 2. The normalized spacial score (nSPS) is 10.6. The lowest BCUT2D eigenvalue weighted by Gasteiger charge is -2.20. The topological polar surface area (TPSA) is 16.1 Å². The van der Waals surface area contributed by atoms with Gasteiger partial charge in [-0.25, -0.2) is 9.37 Å². The predicted molar refractivity (Wildman–Crippen MR) is 82.3 cm³/mol. The molecule has 0 saturated heterocycles. The predicted octanol–water partition coefficient (Wildman–Crippen LogP) is 4.68. The first-order valence-electron chi connectivity index (χ1n) is 6.69. The molecule has 0 aliphatic rings. The fraction of sp³-hybridized carbons (Fsp3) is 0.312. The van der Waals surface area contributed by atoms with Crippen molar-refractivity contribution >= 4 is 23.1 Å². The molecule has 0 saturated carbocycles. The molecule has 0 aliphatic carbocycles. The zero-order chi connectivity index (χ0) is 14.5. The van der Waals surface area contributed by atoms with Crippen LogP contribution in [0.1, 0.15) is 24.6 Å². The van der Waals surface area contributed by atoms with Crippen molar-refractivity contribution in [3.05, 3.63) is 53.5 Å². The van der Waals surface area contributed by atoms with Gasteiger partial charge in [0.15, 0.2) is 0 Å². The molecule has 0 N–H and O–H groups in total. The standard InChI is InChI=1S/C16H18ClFN2/c1-3-6-13-9-12(11-17)10-16(19-13)20(2)15-8-5-4-7-14(15)18/h4-5,7-10H,3,6,11H2,1-2H3. The summed E-state index contributed by atoms with van der Waals surface area (Å²) >= 11 is 5.93. The summed E-state index contributed by atoms with van der Waals surface area (Å²) in [5.74, 6) is 0.888. The first-order chi connectivity index (χ1) is 9.65. The lowest BCUT2D eigenvalue weighted by Crippen LogP contribution is -2.14. The van der Waals surface area contributed by atoms with E-state index in [2.05, 4.69) is 11.9 Å². The number of para-hydroxylation sites is 1. The molecule has 1 heterocycles. The van der Waals surface area contributed by atoms with E-state index in [1.807, 2.05) is 25.2 Å². The summed E-state index contributed by atoms with van der Waals surface area (Å²) in [6, 6.07) is 10.6. The van der Waals surface area contributed by atoms with Crippen LogP contribution in [-0.4, -0.2) is 12.0 Å². The molecule has 20 heavy (non-hydrogen) atoms. The molecule has 2 aromatic rings. The minimum atomic E-state index is -0.259. The van der Waals surface area contributed by atoms with Gasteiger partial charge in [-0.05, 0) is 36.2 Å². The van der Waals surface area contributed by atoms with Crippen molar-refractivity contribution < 1.29 is 4.39 Å². The third kappa shape index (κ3) is 3.28. The van der Waals surface area contributed by atoms with E-state index in [-0.39, 0.29) is 5.82 Å². The second-order valence-electron chi connectivity index (χ2n) is 4.72. The SMILES string of the molecule is CCCc1cc(CCl)cc(N(C)c2ccccc2F)n1. The van der Waals surface area contributed by atoms with Crippen molar-refractivity contribution in [2.75, 3.05) is 11.9 Å². The summed E-state index contributed by atoms with van der Waals surface area (Å²) in [4.78, 5) is 6.34. The molecule has 2 nitrogen and oxygen atoms in total. The van der Waals surface area contributed by atoms with E-state index in [0.29, 0.717) is 11.6 Å². The average Bonchev–Trinajstić information content (AvgIpc) is 2.47. The van der Waals surface area contributed by atoms with Crippen LogP contribution in [0.5, 0.6) is 0 Å². The van der Waals surface area contributed by atoms with Crippen LogP contribution < -0.4 is 4.90 Å². The van der Waals surface area contributed by atoms with E-state index in [4.69, 9.17) is 11.6 Å². The smallest absolute Gasteiger partial charge is 0.146 e. The highest BCUT2D eigenvalue weighted by atomic mass is 35.5. The number of hydrogen-bond acceptors (Lipinski definition) is 2. The maximum absolute atomic E-state index is 13.9. The summed E-state index contributed by atoms with van der Waals surface area (Å²) in [6.07, 6.45) is 1.91. The van der Waals surface area contributed by atoms with Crippen LogP contribution in [0.25, 0.3) is 0 Å². The van der Waals surface area contributed by atoms with Crippen LogP contribution in [0.3, 0.4) is 0 Å². The largest absolute Gasteiger partial charge is 0.327 e. The van der Waals surface area contributed by atoms with Gasteiger partial charge in [0.25, 0.3) is 0 Å². The molecule has 2 rings (SSSR count). The highest BCUT2D eigenvalue weighted by molar-refractivity contribution is 6.17. The summed E-state index contributed by atoms with van der Waals surface area (Å²) in [5.41, 5.74) is 2.50. The molecule has 0 fully saturated rings. The Morgan fingerprint density at radius 1 is 1.25 bits per heavy atom. The Bertz CT molecular complexity index is 586. The van der Waals surface area contributed by atoms with Crippen molar-refractivity contribution in [3.8, 4) is 0 Å². The molecule has 0 aliphatic heterocycles. The van der Waals surface area contributed by atoms with Crippen LogP contribution in [0.15, 0.2) is 36.4 Å². The van der Waals surface area contributed by atoms with Crippen molar-refractivity contribution in [2.45, 2.75) is 25.6 Å². The Labute approximate surface area is 124 Å². The van der Waals surface area contributed by atoms with Gasteiger partial charge >= 0.3 is 0 Å². The number of halogens is 2. The minimum absolute atomic E-state index is 0.259. The Morgan fingerprint density at radius 3 is 2.65 bits per heavy atom. The molecule has 4 heteroatoms. The summed E-state index contributed by atoms with van der Waals surface area (Å²) in [6.45, 7) is 2.11. The number of pyridine rings is 1. The van der Waals surface area contributed by atoms with Crippen LogP contribution in [0.4, 0.5) is 15.9 Å². The molecule has 1 aromatic heterocycles.